The zero-order valence-corrected chi connectivity index (χ0v) is 16.3. The highest BCUT2D eigenvalue weighted by Gasteiger charge is 2.21. The van der Waals surface area contributed by atoms with Crippen molar-refractivity contribution in [2.45, 2.75) is 71.4 Å². The number of carbonyl (C=O) groups excluding carboxylic acids is 2. The van der Waals surface area contributed by atoms with Gasteiger partial charge in [0.2, 0.25) is 17.8 Å². The van der Waals surface area contributed by atoms with Gasteiger partial charge in [-0.05, 0) is 26.7 Å². The highest BCUT2D eigenvalue weighted by atomic mass is 16.2. The molecular formula is C19H31N5O2. The van der Waals surface area contributed by atoms with Crippen molar-refractivity contribution in [3.05, 3.63) is 17.5 Å². The summed E-state index contributed by atoms with van der Waals surface area (Å²) in [6.07, 6.45) is 8.33. The van der Waals surface area contributed by atoms with Gasteiger partial charge >= 0.3 is 0 Å². The molecule has 1 saturated carbocycles. The number of nitrogens with zero attached hydrogens (tertiary/aromatic N) is 3. The van der Waals surface area contributed by atoms with Crippen molar-refractivity contribution in [3.63, 3.8) is 0 Å². The summed E-state index contributed by atoms with van der Waals surface area (Å²) in [5.74, 6) is 0.518. The molecule has 2 amide bonds. The van der Waals surface area contributed by atoms with Crippen molar-refractivity contribution in [1.82, 2.24) is 20.6 Å². The summed E-state index contributed by atoms with van der Waals surface area (Å²) in [7, 11) is 2.07. The predicted octanol–water partition coefficient (Wildman–Crippen LogP) is 2.26. The van der Waals surface area contributed by atoms with Crippen molar-refractivity contribution in [1.29, 1.82) is 0 Å². The molecule has 7 heteroatoms. The SMILES string of the molecule is CC(=O)NCCC(=O)N[C@@H](C)c1cnc(N(C)C2CCCCC2)nc1C. The van der Waals surface area contributed by atoms with Crippen LogP contribution in [0.5, 0.6) is 0 Å². The first-order valence-electron chi connectivity index (χ1n) is 9.48. The Kier molecular flexibility index (Phi) is 7.36. The molecule has 1 aliphatic rings. The van der Waals surface area contributed by atoms with Crippen LogP contribution < -0.4 is 15.5 Å². The van der Waals surface area contributed by atoms with Crippen molar-refractivity contribution in [2.24, 2.45) is 0 Å². The van der Waals surface area contributed by atoms with E-state index in [0.29, 0.717) is 12.6 Å². The number of aryl methyl sites for hydroxylation is 1. The first-order valence-corrected chi connectivity index (χ1v) is 9.48. The molecule has 0 radical (unpaired) electrons. The maximum atomic E-state index is 12.0. The molecule has 7 nitrogen and oxygen atoms in total. The van der Waals surface area contributed by atoms with Gasteiger partial charge < -0.3 is 15.5 Å². The Balaban J connectivity index is 1.95. The topological polar surface area (TPSA) is 87.2 Å². The van der Waals surface area contributed by atoms with Crippen LogP contribution in [-0.4, -0.2) is 41.4 Å². The molecule has 1 heterocycles. The first kappa shape index (κ1) is 20.1. The third-order valence-electron chi connectivity index (χ3n) is 5.01. The fraction of sp³-hybridized carbons (Fsp3) is 0.684. The molecule has 144 valence electrons. The lowest BCUT2D eigenvalue weighted by molar-refractivity contribution is -0.122. The van der Waals surface area contributed by atoms with Crippen molar-refractivity contribution < 1.29 is 9.59 Å². The van der Waals surface area contributed by atoms with Crippen LogP contribution in [0, 0.1) is 6.92 Å². The average molecular weight is 361 g/mol. The fourth-order valence-corrected chi connectivity index (χ4v) is 3.43. The van der Waals surface area contributed by atoms with Crippen LogP contribution in [0.2, 0.25) is 0 Å². The van der Waals surface area contributed by atoms with Gasteiger partial charge in [0.1, 0.15) is 0 Å². The van der Waals surface area contributed by atoms with E-state index >= 15 is 0 Å². The molecule has 1 aromatic rings. The summed E-state index contributed by atoms with van der Waals surface area (Å²) in [5, 5.41) is 5.56. The van der Waals surface area contributed by atoms with E-state index in [1.165, 1.54) is 39.0 Å². The van der Waals surface area contributed by atoms with E-state index in [9.17, 15) is 9.59 Å². The number of hydrogen-bond donors (Lipinski definition) is 2. The molecule has 26 heavy (non-hydrogen) atoms. The number of hydrogen-bond acceptors (Lipinski definition) is 5. The van der Waals surface area contributed by atoms with Gasteiger partial charge in [0.15, 0.2) is 0 Å². The van der Waals surface area contributed by atoms with E-state index < -0.39 is 0 Å². The minimum Gasteiger partial charge on any atom is -0.356 e. The number of nitrogens with one attached hydrogen (secondary N) is 2. The highest BCUT2D eigenvalue weighted by Crippen LogP contribution is 2.25. The second-order valence-corrected chi connectivity index (χ2v) is 7.14. The molecule has 0 saturated heterocycles. The lowest BCUT2D eigenvalue weighted by Crippen LogP contribution is -2.35. The first-order chi connectivity index (χ1) is 12.4. The van der Waals surface area contributed by atoms with E-state index in [4.69, 9.17) is 0 Å². The van der Waals surface area contributed by atoms with E-state index in [1.807, 2.05) is 20.0 Å². The zero-order valence-electron chi connectivity index (χ0n) is 16.3. The Hall–Kier alpha value is -2.18. The second-order valence-electron chi connectivity index (χ2n) is 7.14. The average Bonchev–Trinajstić information content (AvgIpc) is 2.61. The lowest BCUT2D eigenvalue weighted by Gasteiger charge is -2.31. The third kappa shape index (κ3) is 5.68. The molecule has 0 bridgehead atoms. The Morgan fingerprint density at radius 3 is 2.62 bits per heavy atom. The van der Waals surface area contributed by atoms with Crippen LogP contribution >= 0.6 is 0 Å². The Morgan fingerprint density at radius 2 is 2.00 bits per heavy atom. The number of aromatic nitrogens is 2. The molecule has 1 atom stereocenters. The largest absolute Gasteiger partial charge is 0.356 e. The number of amides is 2. The van der Waals surface area contributed by atoms with Gasteiger partial charge in [-0.25, -0.2) is 9.97 Å². The summed E-state index contributed by atoms with van der Waals surface area (Å²) in [6.45, 7) is 5.66. The fourth-order valence-electron chi connectivity index (χ4n) is 3.43. The van der Waals surface area contributed by atoms with Gasteiger partial charge in [0.25, 0.3) is 0 Å². The van der Waals surface area contributed by atoms with Gasteiger partial charge in [-0.2, -0.15) is 0 Å². The van der Waals surface area contributed by atoms with E-state index in [0.717, 1.165) is 17.2 Å². The quantitative estimate of drug-likeness (QED) is 0.778. The molecule has 2 rings (SSSR count). The normalized spacial score (nSPS) is 16.0. The van der Waals surface area contributed by atoms with Crippen LogP contribution in [0.1, 0.15) is 69.7 Å². The molecule has 1 fully saturated rings. The zero-order chi connectivity index (χ0) is 19.1. The molecule has 0 spiro atoms. The van der Waals surface area contributed by atoms with E-state index in [1.54, 1.807) is 0 Å². The van der Waals surface area contributed by atoms with Crippen LogP contribution in [-0.2, 0) is 9.59 Å². The Morgan fingerprint density at radius 1 is 1.31 bits per heavy atom. The van der Waals surface area contributed by atoms with Gasteiger partial charge in [-0.1, -0.05) is 19.3 Å². The summed E-state index contributed by atoms with van der Waals surface area (Å²) in [4.78, 5) is 34.2. The number of rotatable bonds is 7. The summed E-state index contributed by atoms with van der Waals surface area (Å²) < 4.78 is 0. The van der Waals surface area contributed by atoms with Gasteiger partial charge in [0, 0.05) is 50.4 Å². The molecular weight excluding hydrogens is 330 g/mol. The van der Waals surface area contributed by atoms with Crippen molar-refractivity contribution in [3.8, 4) is 0 Å². The molecule has 0 aromatic carbocycles. The van der Waals surface area contributed by atoms with Crippen LogP contribution in [0.15, 0.2) is 6.20 Å². The van der Waals surface area contributed by atoms with Crippen molar-refractivity contribution in [2.75, 3.05) is 18.5 Å². The second kappa shape index (κ2) is 9.50. The lowest BCUT2D eigenvalue weighted by atomic mass is 9.95. The van der Waals surface area contributed by atoms with Gasteiger partial charge in [-0.15, -0.1) is 0 Å². The standard InChI is InChI=1S/C19H31N5O2/c1-13(22-18(26)10-11-20-15(3)25)17-12-21-19(23-14(17)2)24(4)16-8-6-5-7-9-16/h12-13,16H,5-11H2,1-4H3,(H,20,25)(H,22,26)/t13-/m0/s1. The summed E-state index contributed by atoms with van der Waals surface area (Å²) in [6, 6.07) is 0.341. The van der Waals surface area contributed by atoms with Gasteiger partial charge in [-0.3, -0.25) is 9.59 Å². The van der Waals surface area contributed by atoms with E-state index in [2.05, 4.69) is 32.5 Å². The number of carbonyl (C=O) groups is 2. The van der Waals surface area contributed by atoms with E-state index in [-0.39, 0.29) is 24.3 Å². The summed E-state index contributed by atoms with van der Waals surface area (Å²) >= 11 is 0. The smallest absolute Gasteiger partial charge is 0.225 e. The molecule has 1 aliphatic carbocycles. The monoisotopic (exact) mass is 361 g/mol. The maximum absolute atomic E-state index is 12.0. The summed E-state index contributed by atoms with van der Waals surface area (Å²) in [5.41, 5.74) is 1.80. The van der Waals surface area contributed by atoms with Crippen LogP contribution in [0.25, 0.3) is 0 Å². The maximum Gasteiger partial charge on any atom is 0.225 e. The Labute approximate surface area is 156 Å². The molecule has 0 unspecified atom stereocenters. The Bertz CT molecular complexity index is 628. The molecule has 0 aliphatic heterocycles. The van der Waals surface area contributed by atoms with Crippen molar-refractivity contribution >= 4 is 17.8 Å². The predicted molar refractivity (Wildman–Crippen MR) is 102 cm³/mol. The minimum atomic E-state index is -0.172. The molecule has 2 N–H and O–H groups in total. The van der Waals surface area contributed by atoms with Crippen LogP contribution in [0.4, 0.5) is 5.95 Å². The molecule has 1 aromatic heterocycles. The number of anilines is 1. The van der Waals surface area contributed by atoms with Gasteiger partial charge in [0.05, 0.1) is 6.04 Å². The van der Waals surface area contributed by atoms with Crippen LogP contribution in [0.3, 0.4) is 0 Å². The highest BCUT2D eigenvalue weighted by molar-refractivity contribution is 5.78. The minimum absolute atomic E-state index is 0.103. The third-order valence-corrected chi connectivity index (χ3v) is 5.01.